The highest BCUT2D eigenvalue weighted by Gasteiger charge is 2.12. The van der Waals surface area contributed by atoms with E-state index in [2.05, 4.69) is 29.1 Å². The van der Waals surface area contributed by atoms with Gasteiger partial charge in [-0.2, -0.15) is 0 Å². The van der Waals surface area contributed by atoms with Crippen LogP contribution in [0.15, 0.2) is 5.38 Å². The Morgan fingerprint density at radius 1 is 1.53 bits per heavy atom. The highest BCUT2D eigenvalue weighted by molar-refractivity contribution is 7.09. The van der Waals surface area contributed by atoms with Crippen LogP contribution < -0.4 is 0 Å². The summed E-state index contributed by atoms with van der Waals surface area (Å²) < 4.78 is 4.69. The fourth-order valence-corrected chi connectivity index (χ4v) is 2.33. The molecule has 5 heteroatoms. The van der Waals surface area contributed by atoms with Gasteiger partial charge in [-0.1, -0.05) is 13.8 Å². The van der Waals surface area contributed by atoms with Gasteiger partial charge >= 0.3 is 5.97 Å². The Morgan fingerprint density at radius 3 is 2.82 bits per heavy atom. The Morgan fingerprint density at radius 2 is 2.29 bits per heavy atom. The summed E-state index contributed by atoms with van der Waals surface area (Å²) in [4.78, 5) is 17.8. The minimum absolute atomic E-state index is 0.190. The Bertz CT molecular complexity index is 352. The molecule has 96 valence electrons. The molecule has 0 aliphatic heterocycles. The van der Waals surface area contributed by atoms with Crippen molar-refractivity contribution in [2.45, 2.75) is 33.2 Å². The maximum absolute atomic E-state index is 11.3. The van der Waals surface area contributed by atoms with Gasteiger partial charge in [0.1, 0.15) is 0 Å². The minimum Gasteiger partial charge on any atom is -0.468 e. The van der Waals surface area contributed by atoms with Gasteiger partial charge in [-0.05, 0) is 19.4 Å². The normalized spacial score (nSPS) is 10.8. The molecular formula is C12H20N2O2S. The molecule has 0 spiro atoms. The number of esters is 1. The molecule has 1 aromatic rings. The van der Waals surface area contributed by atoms with Crippen LogP contribution >= 0.6 is 11.3 Å². The second-order valence-electron chi connectivity index (χ2n) is 3.87. The maximum Gasteiger partial charge on any atom is 0.319 e. The summed E-state index contributed by atoms with van der Waals surface area (Å²) in [7, 11) is 1.42. The van der Waals surface area contributed by atoms with E-state index in [9.17, 15) is 4.79 Å². The summed E-state index contributed by atoms with van der Waals surface area (Å²) in [6.07, 6.45) is 1.98. The van der Waals surface area contributed by atoms with Gasteiger partial charge in [0.2, 0.25) is 0 Å². The van der Waals surface area contributed by atoms with Crippen molar-refractivity contribution in [2.24, 2.45) is 0 Å². The first-order chi connectivity index (χ1) is 8.19. The molecule has 0 amide bonds. The number of hydrogen-bond donors (Lipinski definition) is 0. The van der Waals surface area contributed by atoms with Crippen LogP contribution in [-0.2, 0) is 22.5 Å². The lowest BCUT2D eigenvalue weighted by Crippen LogP contribution is -2.31. The Labute approximate surface area is 107 Å². The van der Waals surface area contributed by atoms with Crippen molar-refractivity contribution < 1.29 is 9.53 Å². The molecule has 0 fully saturated rings. The van der Waals surface area contributed by atoms with E-state index in [1.807, 2.05) is 0 Å². The van der Waals surface area contributed by atoms with Gasteiger partial charge in [0.15, 0.2) is 0 Å². The summed E-state index contributed by atoms with van der Waals surface area (Å²) in [5.41, 5.74) is 1.05. The second kappa shape index (κ2) is 7.40. The van der Waals surface area contributed by atoms with Gasteiger partial charge in [-0.15, -0.1) is 11.3 Å². The van der Waals surface area contributed by atoms with Gasteiger partial charge < -0.3 is 4.74 Å². The fourth-order valence-electron chi connectivity index (χ4n) is 1.59. The molecule has 0 aliphatic rings. The summed E-state index contributed by atoms with van der Waals surface area (Å²) in [6.45, 7) is 6.14. The largest absolute Gasteiger partial charge is 0.468 e. The van der Waals surface area contributed by atoms with E-state index in [1.54, 1.807) is 11.3 Å². The van der Waals surface area contributed by atoms with Crippen molar-refractivity contribution in [1.29, 1.82) is 0 Å². The zero-order chi connectivity index (χ0) is 12.7. The number of carbonyl (C=O) groups is 1. The van der Waals surface area contributed by atoms with E-state index in [-0.39, 0.29) is 5.97 Å². The third-order valence-electron chi connectivity index (χ3n) is 2.41. The fraction of sp³-hybridized carbons (Fsp3) is 0.667. The number of carbonyl (C=O) groups excluding carboxylic acids is 1. The molecule has 0 unspecified atom stereocenters. The van der Waals surface area contributed by atoms with Crippen molar-refractivity contribution in [3.8, 4) is 0 Å². The monoisotopic (exact) mass is 256 g/mol. The Hall–Kier alpha value is -0.940. The first-order valence-corrected chi connectivity index (χ1v) is 6.80. The average Bonchev–Trinajstić information content (AvgIpc) is 2.77. The standard InChI is InChI=1S/C12H20N2O2S/c1-4-6-14(8-12(15)16-3)7-10-9-17-11(5-2)13-10/h9H,4-8H2,1-3H3. The van der Waals surface area contributed by atoms with Crippen molar-refractivity contribution in [3.63, 3.8) is 0 Å². The number of hydrogen-bond acceptors (Lipinski definition) is 5. The first-order valence-electron chi connectivity index (χ1n) is 5.92. The molecule has 0 bridgehead atoms. The van der Waals surface area contributed by atoms with Crippen LogP contribution in [0.25, 0.3) is 0 Å². The van der Waals surface area contributed by atoms with Crippen LogP contribution in [0.5, 0.6) is 0 Å². The third kappa shape index (κ3) is 4.83. The van der Waals surface area contributed by atoms with Crippen molar-refractivity contribution >= 4 is 17.3 Å². The number of rotatable bonds is 7. The molecule has 0 radical (unpaired) electrons. The molecule has 17 heavy (non-hydrogen) atoms. The average molecular weight is 256 g/mol. The predicted molar refractivity (Wildman–Crippen MR) is 69.1 cm³/mol. The number of thiazole rings is 1. The number of ether oxygens (including phenoxy) is 1. The van der Waals surface area contributed by atoms with Crippen molar-refractivity contribution in [3.05, 3.63) is 16.1 Å². The lowest BCUT2D eigenvalue weighted by molar-refractivity contribution is -0.142. The van der Waals surface area contributed by atoms with E-state index >= 15 is 0 Å². The molecule has 0 saturated carbocycles. The van der Waals surface area contributed by atoms with Gasteiger partial charge in [-0.25, -0.2) is 4.98 Å². The van der Waals surface area contributed by atoms with Gasteiger partial charge in [0, 0.05) is 11.9 Å². The summed E-state index contributed by atoms with van der Waals surface area (Å²) in [5.74, 6) is -0.190. The summed E-state index contributed by atoms with van der Waals surface area (Å²) in [5, 5.41) is 3.22. The van der Waals surface area contributed by atoms with Crippen LogP contribution in [0.1, 0.15) is 31.0 Å². The number of aryl methyl sites for hydroxylation is 1. The lowest BCUT2D eigenvalue weighted by atomic mass is 10.3. The molecule has 1 heterocycles. The highest BCUT2D eigenvalue weighted by Crippen LogP contribution is 2.12. The molecule has 1 aromatic heterocycles. The SMILES string of the molecule is CCCN(CC(=O)OC)Cc1csc(CC)n1. The predicted octanol–water partition coefficient (Wildman–Crippen LogP) is 2.09. The number of methoxy groups -OCH3 is 1. The number of aromatic nitrogens is 1. The minimum atomic E-state index is -0.190. The maximum atomic E-state index is 11.3. The van der Waals surface area contributed by atoms with Crippen LogP contribution in [0.4, 0.5) is 0 Å². The molecule has 0 atom stereocenters. The van der Waals surface area contributed by atoms with Gasteiger partial charge in [0.25, 0.3) is 0 Å². The molecular weight excluding hydrogens is 236 g/mol. The van der Waals surface area contributed by atoms with E-state index in [0.717, 1.165) is 36.6 Å². The third-order valence-corrected chi connectivity index (χ3v) is 3.45. The smallest absolute Gasteiger partial charge is 0.319 e. The zero-order valence-corrected chi connectivity index (χ0v) is 11.5. The molecule has 0 aliphatic carbocycles. The van der Waals surface area contributed by atoms with Crippen LogP contribution in [0.2, 0.25) is 0 Å². The van der Waals surface area contributed by atoms with Gasteiger partial charge in [0.05, 0.1) is 24.4 Å². The van der Waals surface area contributed by atoms with Crippen LogP contribution in [0, 0.1) is 0 Å². The van der Waals surface area contributed by atoms with Crippen molar-refractivity contribution in [1.82, 2.24) is 9.88 Å². The second-order valence-corrected chi connectivity index (χ2v) is 4.82. The Balaban J connectivity index is 2.55. The lowest BCUT2D eigenvalue weighted by Gasteiger charge is -2.18. The molecule has 0 N–H and O–H groups in total. The topological polar surface area (TPSA) is 42.4 Å². The van der Waals surface area contributed by atoms with E-state index in [1.165, 1.54) is 7.11 Å². The molecule has 0 saturated heterocycles. The highest BCUT2D eigenvalue weighted by atomic mass is 32.1. The summed E-state index contributed by atoms with van der Waals surface area (Å²) >= 11 is 1.68. The van der Waals surface area contributed by atoms with Crippen LogP contribution in [-0.4, -0.2) is 36.1 Å². The van der Waals surface area contributed by atoms with Crippen LogP contribution in [0.3, 0.4) is 0 Å². The van der Waals surface area contributed by atoms with Gasteiger partial charge in [-0.3, -0.25) is 9.69 Å². The van der Waals surface area contributed by atoms with E-state index in [0.29, 0.717) is 6.54 Å². The quantitative estimate of drug-likeness (QED) is 0.701. The number of nitrogens with zero attached hydrogens (tertiary/aromatic N) is 2. The van der Waals surface area contributed by atoms with Crippen molar-refractivity contribution in [2.75, 3.05) is 20.2 Å². The van der Waals surface area contributed by atoms with E-state index < -0.39 is 0 Å². The Kier molecular flexibility index (Phi) is 6.15. The summed E-state index contributed by atoms with van der Waals surface area (Å²) in [6, 6.07) is 0. The molecule has 0 aromatic carbocycles. The van der Waals surface area contributed by atoms with E-state index in [4.69, 9.17) is 4.74 Å². The molecule has 4 nitrogen and oxygen atoms in total. The molecule has 1 rings (SSSR count). The first kappa shape index (κ1) is 14.1. The zero-order valence-electron chi connectivity index (χ0n) is 10.7.